The Morgan fingerprint density at radius 1 is 1.50 bits per heavy atom. The second-order valence-electron chi connectivity index (χ2n) is 2.07. The second kappa shape index (κ2) is 5.04. The predicted octanol–water partition coefficient (Wildman–Crippen LogP) is -1.40. The molecule has 0 aromatic carbocycles. The molecular formula is C6H13NO5. The minimum atomic E-state index is -1.42. The minimum Gasteiger partial charge on any atom is -0.480 e. The first-order valence-corrected chi connectivity index (χ1v) is 3.28. The van der Waals surface area contributed by atoms with E-state index in [0.717, 1.165) is 0 Å². The molecule has 0 rings (SSSR count). The molecule has 0 saturated carbocycles. The van der Waals surface area contributed by atoms with E-state index in [1.165, 1.54) is 14.2 Å². The lowest BCUT2D eigenvalue weighted by molar-refractivity contribution is -0.246. The number of methoxy groups -OCH3 is 2. The third kappa shape index (κ3) is 3.14. The van der Waals surface area contributed by atoms with Crippen LogP contribution in [0.5, 0.6) is 0 Å². The van der Waals surface area contributed by atoms with E-state index in [1.54, 1.807) is 0 Å². The Labute approximate surface area is 70.1 Å². The molecule has 6 heteroatoms. The quantitative estimate of drug-likeness (QED) is 0.435. The fourth-order valence-corrected chi connectivity index (χ4v) is 0.623. The summed E-state index contributed by atoms with van der Waals surface area (Å²) in [5, 5.41) is 19.5. The van der Waals surface area contributed by atoms with Gasteiger partial charge < -0.3 is 19.7 Å². The lowest BCUT2D eigenvalue weighted by Crippen LogP contribution is -2.53. The molecule has 72 valence electrons. The molecule has 3 N–H and O–H groups in total. The average molecular weight is 179 g/mol. The zero-order chi connectivity index (χ0) is 9.61. The lowest BCUT2D eigenvalue weighted by atomic mass is 10.4. The van der Waals surface area contributed by atoms with Gasteiger partial charge in [-0.05, 0) is 0 Å². The third-order valence-electron chi connectivity index (χ3n) is 1.38. The Morgan fingerprint density at radius 2 is 2.00 bits per heavy atom. The summed E-state index contributed by atoms with van der Waals surface area (Å²) in [5.41, 5.74) is 0. The van der Waals surface area contributed by atoms with Gasteiger partial charge in [0.15, 0.2) is 0 Å². The third-order valence-corrected chi connectivity index (χ3v) is 1.38. The van der Waals surface area contributed by atoms with Crippen molar-refractivity contribution in [3.8, 4) is 0 Å². The average Bonchev–Trinajstić information content (AvgIpc) is 2.08. The van der Waals surface area contributed by atoms with E-state index in [4.69, 9.17) is 19.7 Å². The minimum absolute atomic E-state index is 0.345. The number of hydrogen-bond donors (Lipinski definition) is 3. The van der Waals surface area contributed by atoms with Gasteiger partial charge in [0.1, 0.15) is 6.61 Å². The van der Waals surface area contributed by atoms with Crippen molar-refractivity contribution >= 4 is 5.97 Å². The molecule has 0 unspecified atom stereocenters. The maximum atomic E-state index is 10.1. The molecule has 0 aliphatic carbocycles. The number of rotatable bonds is 6. The smallest absolute Gasteiger partial charge is 0.317 e. The van der Waals surface area contributed by atoms with Gasteiger partial charge in [-0.3, -0.25) is 10.1 Å². The molecule has 0 radical (unpaired) electrons. The van der Waals surface area contributed by atoms with Crippen LogP contribution in [-0.4, -0.2) is 49.5 Å². The topological polar surface area (TPSA) is 88.0 Å². The fraction of sp³-hybridized carbons (Fsp3) is 0.833. The molecule has 0 saturated heterocycles. The monoisotopic (exact) mass is 179 g/mol. The van der Waals surface area contributed by atoms with Gasteiger partial charge in [-0.2, -0.15) is 0 Å². The van der Waals surface area contributed by atoms with Gasteiger partial charge >= 0.3 is 5.97 Å². The van der Waals surface area contributed by atoms with Gasteiger partial charge in [0, 0.05) is 14.2 Å². The predicted molar refractivity (Wildman–Crippen MR) is 39.5 cm³/mol. The van der Waals surface area contributed by atoms with Crippen molar-refractivity contribution in [2.24, 2.45) is 0 Å². The number of carbonyl (C=O) groups is 1. The summed E-state index contributed by atoms with van der Waals surface area (Å²) in [4.78, 5) is 10.1. The first-order valence-electron chi connectivity index (χ1n) is 3.28. The standard InChI is InChI=1S/C6H13NO5/c1-11-6(4-8,12-2)7-3-5(9)10/h7-8H,3-4H2,1-2H3,(H,9,10). The number of ether oxygens (including phenoxy) is 2. The van der Waals surface area contributed by atoms with Crippen molar-refractivity contribution in [1.82, 2.24) is 5.32 Å². The van der Waals surface area contributed by atoms with E-state index < -0.39 is 18.5 Å². The molecule has 12 heavy (non-hydrogen) atoms. The number of carboxylic acids is 1. The van der Waals surface area contributed by atoms with Crippen molar-refractivity contribution in [2.45, 2.75) is 5.91 Å². The molecule has 0 amide bonds. The molecule has 0 aromatic rings. The van der Waals surface area contributed by atoms with E-state index in [1.807, 2.05) is 0 Å². The Hall–Kier alpha value is -0.690. The summed E-state index contributed by atoms with van der Waals surface area (Å²) < 4.78 is 9.48. The zero-order valence-electron chi connectivity index (χ0n) is 7.03. The summed E-state index contributed by atoms with van der Waals surface area (Å²) in [6.45, 7) is -0.810. The van der Waals surface area contributed by atoms with Crippen LogP contribution in [0.4, 0.5) is 0 Å². The summed E-state index contributed by atoms with van der Waals surface area (Å²) in [6, 6.07) is 0. The van der Waals surface area contributed by atoms with Crippen LogP contribution >= 0.6 is 0 Å². The summed E-state index contributed by atoms with van der Waals surface area (Å²) in [6.07, 6.45) is 0. The van der Waals surface area contributed by atoms with Crippen LogP contribution in [0.25, 0.3) is 0 Å². The van der Waals surface area contributed by atoms with Crippen LogP contribution in [0.1, 0.15) is 0 Å². The molecule has 0 aliphatic heterocycles. The van der Waals surface area contributed by atoms with Crippen molar-refractivity contribution in [3.05, 3.63) is 0 Å². The van der Waals surface area contributed by atoms with Crippen LogP contribution in [0.2, 0.25) is 0 Å². The molecule has 0 heterocycles. The zero-order valence-corrected chi connectivity index (χ0v) is 7.03. The van der Waals surface area contributed by atoms with E-state index in [0.29, 0.717) is 0 Å². The number of aliphatic hydroxyl groups is 1. The van der Waals surface area contributed by atoms with Crippen LogP contribution in [0.3, 0.4) is 0 Å². The Morgan fingerprint density at radius 3 is 2.25 bits per heavy atom. The Kier molecular flexibility index (Phi) is 4.75. The van der Waals surface area contributed by atoms with Crippen LogP contribution in [0, 0.1) is 0 Å². The van der Waals surface area contributed by atoms with Crippen molar-refractivity contribution < 1.29 is 24.5 Å². The van der Waals surface area contributed by atoms with E-state index in [9.17, 15) is 4.79 Å². The highest BCUT2D eigenvalue weighted by Crippen LogP contribution is 2.04. The number of hydrogen-bond acceptors (Lipinski definition) is 5. The van der Waals surface area contributed by atoms with E-state index in [-0.39, 0.29) is 6.54 Å². The van der Waals surface area contributed by atoms with E-state index in [2.05, 4.69) is 5.32 Å². The van der Waals surface area contributed by atoms with E-state index >= 15 is 0 Å². The lowest BCUT2D eigenvalue weighted by Gasteiger charge is -2.28. The van der Waals surface area contributed by atoms with Crippen LogP contribution in [-0.2, 0) is 14.3 Å². The van der Waals surface area contributed by atoms with Crippen molar-refractivity contribution in [3.63, 3.8) is 0 Å². The molecule has 0 bridgehead atoms. The van der Waals surface area contributed by atoms with Gasteiger partial charge in [0.2, 0.25) is 0 Å². The highest BCUT2D eigenvalue weighted by Gasteiger charge is 2.28. The number of carboxylic acid groups (broad SMARTS) is 1. The maximum Gasteiger partial charge on any atom is 0.317 e. The molecule has 0 fully saturated rings. The molecule has 0 atom stereocenters. The fourth-order valence-electron chi connectivity index (χ4n) is 0.623. The number of aliphatic carboxylic acids is 1. The molecule has 0 spiro atoms. The van der Waals surface area contributed by atoms with Crippen LogP contribution in [0.15, 0.2) is 0 Å². The molecular weight excluding hydrogens is 166 g/mol. The molecule has 6 nitrogen and oxygen atoms in total. The Balaban J connectivity index is 4.01. The summed E-state index contributed by atoms with van der Waals surface area (Å²) in [5.74, 6) is -2.47. The van der Waals surface area contributed by atoms with Gasteiger partial charge in [-0.15, -0.1) is 0 Å². The van der Waals surface area contributed by atoms with Gasteiger partial charge in [0.25, 0.3) is 5.91 Å². The first-order chi connectivity index (χ1) is 5.60. The molecule has 0 aromatic heterocycles. The highest BCUT2D eigenvalue weighted by atomic mass is 16.7. The van der Waals surface area contributed by atoms with Gasteiger partial charge in [-0.1, -0.05) is 0 Å². The largest absolute Gasteiger partial charge is 0.480 e. The normalized spacial score (nSPS) is 11.6. The first kappa shape index (κ1) is 11.3. The SMILES string of the molecule is COC(CO)(NCC(=O)O)OC. The number of aliphatic hydroxyl groups excluding tert-OH is 1. The molecule has 0 aliphatic rings. The maximum absolute atomic E-state index is 10.1. The second-order valence-corrected chi connectivity index (χ2v) is 2.07. The highest BCUT2D eigenvalue weighted by molar-refractivity contribution is 5.69. The number of nitrogens with one attached hydrogen (secondary N) is 1. The van der Waals surface area contributed by atoms with Gasteiger partial charge in [-0.25, -0.2) is 0 Å². The van der Waals surface area contributed by atoms with Crippen molar-refractivity contribution in [2.75, 3.05) is 27.4 Å². The summed E-state index contributed by atoms with van der Waals surface area (Å²) >= 11 is 0. The van der Waals surface area contributed by atoms with Gasteiger partial charge in [0.05, 0.1) is 6.54 Å². The van der Waals surface area contributed by atoms with Crippen molar-refractivity contribution in [1.29, 1.82) is 0 Å². The van der Waals surface area contributed by atoms with Crippen LogP contribution < -0.4 is 5.32 Å². The summed E-state index contributed by atoms with van der Waals surface area (Å²) in [7, 11) is 2.60. The Bertz CT molecular complexity index is 137.